The minimum absolute atomic E-state index is 0. The van der Waals surface area contributed by atoms with Gasteiger partial charge in [0.05, 0.1) is 6.54 Å². The molecule has 2 heterocycles. The summed E-state index contributed by atoms with van der Waals surface area (Å²) in [5.74, 6) is 0.884. The van der Waals surface area contributed by atoms with Crippen molar-refractivity contribution in [2.45, 2.75) is 12.8 Å². The Hall–Kier alpha value is -0.850. The number of piperazine rings is 1. The van der Waals surface area contributed by atoms with Crippen molar-refractivity contribution in [1.29, 1.82) is 0 Å². The predicted molar refractivity (Wildman–Crippen MR) is 106 cm³/mol. The lowest BCUT2D eigenvalue weighted by Gasteiger charge is -2.37. The fourth-order valence-corrected chi connectivity index (χ4v) is 3.62. The standard InChI is InChI=1S/C18H27ClN4O.ClH/c19-16-1-3-17(4-2-16)21-18(24)14-23-11-9-22(10-12-23)13-15-5-7-20-8-6-15;/h1-4,15,20H,5-14H2,(H,21,24);1H. The maximum atomic E-state index is 12.2. The quantitative estimate of drug-likeness (QED) is 0.814. The highest BCUT2D eigenvalue weighted by molar-refractivity contribution is 6.30. The van der Waals surface area contributed by atoms with E-state index in [1.807, 2.05) is 12.1 Å². The van der Waals surface area contributed by atoms with Gasteiger partial charge in [-0.1, -0.05) is 11.6 Å². The SMILES string of the molecule is Cl.O=C(CN1CCN(CC2CCNCC2)CC1)Nc1ccc(Cl)cc1. The number of carbonyl (C=O) groups is 1. The molecule has 7 heteroatoms. The number of nitrogens with one attached hydrogen (secondary N) is 2. The first-order chi connectivity index (χ1) is 11.7. The fraction of sp³-hybridized carbons (Fsp3) is 0.611. The van der Waals surface area contributed by atoms with Crippen molar-refractivity contribution >= 4 is 35.6 Å². The van der Waals surface area contributed by atoms with Crippen LogP contribution in [0.1, 0.15) is 12.8 Å². The average Bonchev–Trinajstić information content (AvgIpc) is 2.60. The smallest absolute Gasteiger partial charge is 0.238 e. The second-order valence-corrected chi connectivity index (χ2v) is 7.26. The van der Waals surface area contributed by atoms with Crippen LogP contribution in [0.25, 0.3) is 0 Å². The van der Waals surface area contributed by atoms with Crippen LogP contribution >= 0.6 is 24.0 Å². The Morgan fingerprint density at radius 2 is 1.68 bits per heavy atom. The molecule has 0 radical (unpaired) electrons. The summed E-state index contributed by atoms with van der Waals surface area (Å²) in [5.41, 5.74) is 0.800. The van der Waals surface area contributed by atoms with Gasteiger partial charge in [-0.15, -0.1) is 12.4 Å². The summed E-state index contributed by atoms with van der Waals surface area (Å²) in [6.45, 7) is 8.08. The topological polar surface area (TPSA) is 47.6 Å². The maximum absolute atomic E-state index is 12.2. The van der Waals surface area contributed by atoms with Gasteiger partial charge in [0.15, 0.2) is 0 Å². The zero-order valence-electron chi connectivity index (χ0n) is 14.5. The summed E-state index contributed by atoms with van der Waals surface area (Å²) in [6, 6.07) is 7.24. The number of carbonyl (C=O) groups excluding carboxylic acids is 1. The number of anilines is 1. The van der Waals surface area contributed by atoms with Gasteiger partial charge < -0.3 is 15.5 Å². The molecule has 2 N–H and O–H groups in total. The number of hydrogen-bond donors (Lipinski definition) is 2. The Morgan fingerprint density at radius 1 is 1.08 bits per heavy atom. The van der Waals surface area contributed by atoms with Crippen LogP contribution in [0, 0.1) is 5.92 Å². The van der Waals surface area contributed by atoms with Crippen LogP contribution in [0.2, 0.25) is 5.02 Å². The molecule has 25 heavy (non-hydrogen) atoms. The summed E-state index contributed by atoms with van der Waals surface area (Å²) in [4.78, 5) is 17.0. The summed E-state index contributed by atoms with van der Waals surface area (Å²) in [6.07, 6.45) is 2.59. The maximum Gasteiger partial charge on any atom is 0.238 e. The van der Waals surface area contributed by atoms with Crippen LogP contribution < -0.4 is 10.6 Å². The molecule has 1 aromatic rings. The van der Waals surface area contributed by atoms with E-state index < -0.39 is 0 Å². The summed E-state index contributed by atoms with van der Waals surface area (Å²) < 4.78 is 0. The molecule has 1 amide bonds. The van der Waals surface area contributed by atoms with Crippen LogP contribution in [0.5, 0.6) is 0 Å². The molecule has 5 nitrogen and oxygen atoms in total. The number of rotatable bonds is 5. The van der Waals surface area contributed by atoms with Crippen molar-refractivity contribution < 1.29 is 4.79 Å². The first-order valence-electron chi connectivity index (χ1n) is 8.90. The van der Waals surface area contributed by atoms with Gasteiger partial charge in [0.1, 0.15) is 0 Å². The number of benzene rings is 1. The number of amides is 1. The zero-order chi connectivity index (χ0) is 16.8. The monoisotopic (exact) mass is 386 g/mol. The second-order valence-electron chi connectivity index (χ2n) is 6.83. The van der Waals surface area contributed by atoms with Crippen molar-refractivity contribution in [3.8, 4) is 0 Å². The van der Waals surface area contributed by atoms with Crippen molar-refractivity contribution in [3.63, 3.8) is 0 Å². The number of hydrogen-bond acceptors (Lipinski definition) is 4. The fourth-order valence-electron chi connectivity index (χ4n) is 3.50. The van der Waals surface area contributed by atoms with E-state index >= 15 is 0 Å². The van der Waals surface area contributed by atoms with Gasteiger partial charge in [-0.3, -0.25) is 9.69 Å². The second kappa shape index (κ2) is 10.3. The highest BCUT2D eigenvalue weighted by Crippen LogP contribution is 2.15. The van der Waals surface area contributed by atoms with Crippen molar-refractivity contribution in [1.82, 2.24) is 15.1 Å². The molecule has 1 aromatic carbocycles. The molecule has 2 saturated heterocycles. The average molecular weight is 387 g/mol. The van der Waals surface area contributed by atoms with E-state index in [4.69, 9.17) is 11.6 Å². The lowest BCUT2D eigenvalue weighted by Crippen LogP contribution is -2.50. The lowest BCUT2D eigenvalue weighted by atomic mass is 9.97. The van der Waals surface area contributed by atoms with E-state index in [0.29, 0.717) is 11.6 Å². The molecule has 0 spiro atoms. The van der Waals surface area contributed by atoms with Gasteiger partial charge in [0.2, 0.25) is 5.91 Å². The van der Waals surface area contributed by atoms with Crippen molar-refractivity contribution in [3.05, 3.63) is 29.3 Å². The number of piperidine rings is 1. The Bertz CT molecular complexity index is 526. The van der Waals surface area contributed by atoms with E-state index in [0.717, 1.165) is 50.9 Å². The summed E-state index contributed by atoms with van der Waals surface area (Å²) in [7, 11) is 0. The first kappa shape index (κ1) is 20.5. The zero-order valence-corrected chi connectivity index (χ0v) is 16.1. The minimum atomic E-state index is 0. The van der Waals surface area contributed by atoms with Crippen LogP contribution in [-0.2, 0) is 4.79 Å². The van der Waals surface area contributed by atoms with Crippen molar-refractivity contribution in [2.24, 2.45) is 5.92 Å². The molecule has 0 bridgehead atoms. The van der Waals surface area contributed by atoms with Crippen LogP contribution in [-0.4, -0.2) is 68.1 Å². The summed E-state index contributed by atoms with van der Waals surface area (Å²) >= 11 is 5.86. The molecule has 0 unspecified atom stereocenters. The van der Waals surface area contributed by atoms with Gasteiger partial charge in [-0.25, -0.2) is 0 Å². The Labute approximate surface area is 161 Å². The molecule has 2 fully saturated rings. The number of halogens is 2. The highest BCUT2D eigenvalue weighted by Gasteiger charge is 2.22. The lowest BCUT2D eigenvalue weighted by molar-refractivity contribution is -0.117. The van der Waals surface area contributed by atoms with Crippen LogP contribution in [0.4, 0.5) is 5.69 Å². The molecule has 0 atom stereocenters. The molecule has 3 rings (SSSR count). The molecular weight excluding hydrogens is 359 g/mol. The van der Waals surface area contributed by atoms with Crippen LogP contribution in [0.15, 0.2) is 24.3 Å². The molecule has 0 saturated carbocycles. The van der Waals surface area contributed by atoms with Crippen LogP contribution in [0.3, 0.4) is 0 Å². The summed E-state index contributed by atoms with van der Waals surface area (Å²) in [5, 5.41) is 7.04. The van der Waals surface area contributed by atoms with Gasteiger partial charge in [0, 0.05) is 43.4 Å². The third kappa shape index (κ3) is 6.76. The van der Waals surface area contributed by atoms with E-state index in [1.54, 1.807) is 12.1 Å². The van der Waals surface area contributed by atoms with E-state index in [1.165, 1.54) is 19.4 Å². The largest absolute Gasteiger partial charge is 0.325 e. The predicted octanol–water partition coefficient (Wildman–Crippen LogP) is 2.32. The molecule has 140 valence electrons. The molecule has 2 aliphatic rings. The van der Waals surface area contributed by atoms with Gasteiger partial charge in [-0.2, -0.15) is 0 Å². The Balaban J connectivity index is 0.00000225. The molecule has 2 aliphatic heterocycles. The van der Waals surface area contributed by atoms with E-state index in [-0.39, 0.29) is 18.3 Å². The Kier molecular flexibility index (Phi) is 8.46. The molecular formula is C18H28Cl2N4O. The van der Waals surface area contributed by atoms with Gasteiger partial charge in [-0.05, 0) is 56.1 Å². The minimum Gasteiger partial charge on any atom is -0.325 e. The van der Waals surface area contributed by atoms with E-state index in [2.05, 4.69) is 20.4 Å². The van der Waals surface area contributed by atoms with Gasteiger partial charge in [0.25, 0.3) is 0 Å². The van der Waals surface area contributed by atoms with E-state index in [9.17, 15) is 4.79 Å². The third-order valence-electron chi connectivity index (χ3n) is 4.94. The van der Waals surface area contributed by atoms with Crippen molar-refractivity contribution in [2.75, 3.05) is 57.7 Å². The van der Waals surface area contributed by atoms with Gasteiger partial charge >= 0.3 is 0 Å². The molecule has 0 aliphatic carbocycles. The first-order valence-corrected chi connectivity index (χ1v) is 9.28. The normalized spacial score (nSPS) is 20.0. The third-order valence-corrected chi connectivity index (χ3v) is 5.19. The highest BCUT2D eigenvalue weighted by atomic mass is 35.5. The Morgan fingerprint density at radius 3 is 2.32 bits per heavy atom. The number of nitrogens with zero attached hydrogens (tertiary/aromatic N) is 2. The molecule has 0 aromatic heterocycles.